The zero-order valence-electron chi connectivity index (χ0n) is 11.5. The molecule has 0 aromatic heterocycles. The third-order valence-electron chi connectivity index (χ3n) is 4.33. The average Bonchev–Trinajstić information content (AvgIpc) is 2.79. The molecule has 20 heavy (non-hydrogen) atoms. The second-order valence-corrected chi connectivity index (χ2v) is 5.63. The lowest BCUT2D eigenvalue weighted by Gasteiger charge is -2.42. The van der Waals surface area contributed by atoms with E-state index in [2.05, 4.69) is 0 Å². The smallest absolute Gasteiger partial charge is 0.315 e. The van der Waals surface area contributed by atoms with E-state index in [0.29, 0.717) is 12.1 Å². The van der Waals surface area contributed by atoms with Crippen molar-refractivity contribution in [1.82, 2.24) is 0 Å². The number of benzene rings is 1. The van der Waals surface area contributed by atoms with Crippen molar-refractivity contribution in [2.24, 2.45) is 0 Å². The molecule has 1 amide bonds. The lowest BCUT2D eigenvalue weighted by atomic mass is 9.79. The second kappa shape index (κ2) is 4.31. The fourth-order valence-corrected chi connectivity index (χ4v) is 3.38. The highest BCUT2D eigenvalue weighted by molar-refractivity contribution is 6.01. The molecule has 0 radical (unpaired) electrons. The Morgan fingerprint density at radius 2 is 2.15 bits per heavy atom. The van der Waals surface area contributed by atoms with E-state index in [1.165, 1.54) is 7.11 Å². The number of carbonyl (C=O) groups excluding carboxylic acids is 2. The van der Waals surface area contributed by atoms with Crippen molar-refractivity contribution < 1.29 is 19.4 Å². The number of hydrogen-bond donors (Lipinski definition) is 1. The Morgan fingerprint density at radius 3 is 2.85 bits per heavy atom. The van der Waals surface area contributed by atoms with Crippen molar-refractivity contribution in [3.8, 4) is 0 Å². The molecule has 5 heteroatoms. The number of ether oxygens (including phenoxy) is 1. The van der Waals surface area contributed by atoms with Crippen LogP contribution in [0.15, 0.2) is 24.3 Å². The molecule has 0 unspecified atom stereocenters. The first-order valence-corrected chi connectivity index (χ1v) is 6.68. The van der Waals surface area contributed by atoms with E-state index in [-0.39, 0.29) is 12.3 Å². The van der Waals surface area contributed by atoms with E-state index in [4.69, 9.17) is 4.74 Å². The maximum atomic E-state index is 12.2. The van der Waals surface area contributed by atoms with E-state index in [0.717, 1.165) is 5.56 Å². The molecule has 0 aliphatic carbocycles. The van der Waals surface area contributed by atoms with Gasteiger partial charge in [0.25, 0.3) is 0 Å². The number of hydrogen-bond acceptors (Lipinski definition) is 4. The van der Waals surface area contributed by atoms with Crippen molar-refractivity contribution in [3.05, 3.63) is 29.8 Å². The first kappa shape index (κ1) is 13.1. The fraction of sp³-hybridized carbons (Fsp3) is 0.467. The quantitative estimate of drug-likeness (QED) is 0.782. The number of rotatable bonds is 1. The molecule has 2 aliphatic rings. The molecular formula is C15H17NO4. The van der Waals surface area contributed by atoms with Crippen LogP contribution in [0.25, 0.3) is 0 Å². The zero-order chi connectivity index (χ0) is 14.5. The Balaban J connectivity index is 2.18. The highest BCUT2D eigenvalue weighted by Crippen LogP contribution is 2.48. The predicted molar refractivity (Wildman–Crippen MR) is 72.3 cm³/mol. The number of nitrogens with zero attached hydrogens (tertiary/aromatic N) is 1. The van der Waals surface area contributed by atoms with Gasteiger partial charge in [0, 0.05) is 12.1 Å². The summed E-state index contributed by atoms with van der Waals surface area (Å²) in [5.74, 6) is -1.10. The normalized spacial score (nSPS) is 31.8. The van der Waals surface area contributed by atoms with Gasteiger partial charge >= 0.3 is 5.97 Å². The van der Waals surface area contributed by atoms with Gasteiger partial charge < -0.3 is 14.7 Å². The van der Waals surface area contributed by atoms with E-state index >= 15 is 0 Å². The van der Waals surface area contributed by atoms with Crippen LogP contribution in [0.1, 0.15) is 31.2 Å². The molecule has 2 heterocycles. The molecule has 1 fully saturated rings. The SMILES string of the molecule is COC(=O)[C@@H]1c2ccccc2N2C(=O)CC[C@@](C)(O)[C@@H]12. The van der Waals surface area contributed by atoms with Crippen molar-refractivity contribution in [1.29, 1.82) is 0 Å². The minimum atomic E-state index is -1.11. The lowest BCUT2D eigenvalue weighted by Crippen LogP contribution is -2.58. The highest BCUT2D eigenvalue weighted by Gasteiger charge is 2.55. The third-order valence-corrected chi connectivity index (χ3v) is 4.33. The number of anilines is 1. The summed E-state index contributed by atoms with van der Waals surface area (Å²) in [5.41, 5.74) is 0.351. The summed E-state index contributed by atoms with van der Waals surface area (Å²) in [6.45, 7) is 1.68. The first-order chi connectivity index (χ1) is 9.47. The van der Waals surface area contributed by atoms with Crippen LogP contribution in [0.4, 0.5) is 5.69 Å². The molecule has 1 aromatic rings. The zero-order valence-corrected chi connectivity index (χ0v) is 11.5. The summed E-state index contributed by atoms with van der Waals surface area (Å²) in [5, 5.41) is 10.6. The summed E-state index contributed by atoms with van der Waals surface area (Å²) < 4.78 is 4.88. The van der Waals surface area contributed by atoms with Gasteiger partial charge in [-0.05, 0) is 25.0 Å². The summed E-state index contributed by atoms with van der Waals surface area (Å²) in [6, 6.07) is 6.69. The monoisotopic (exact) mass is 275 g/mol. The summed E-state index contributed by atoms with van der Waals surface area (Å²) in [4.78, 5) is 26.0. The summed E-state index contributed by atoms with van der Waals surface area (Å²) >= 11 is 0. The molecule has 1 saturated heterocycles. The van der Waals surface area contributed by atoms with Gasteiger partial charge in [-0.25, -0.2) is 0 Å². The number of esters is 1. The topological polar surface area (TPSA) is 66.8 Å². The number of fused-ring (bicyclic) bond motifs is 3. The van der Waals surface area contributed by atoms with Crippen LogP contribution >= 0.6 is 0 Å². The number of carbonyl (C=O) groups is 2. The van der Waals surface area contributed by atoms with Gasteiger partial charge in [0.05, 0.1) is 18.8 Å². The van der Waals surface area contributed by atoms with Gasteiger partial charge in [-0.2, -0.15) is 0 Å². The fourth-order valence-electron chi connectivity index (χ4n) is 3.38. The lowest BCUT2D eigenvalue weighted by molar-refractivity contribution is -0.145. The van der Waals surface area contributed by atoms with Crippen LogP contribution < -0.4 is 4.90 Å². The largest absolute Gasteiger partial charge is 0.468 e. The van der Waals surface area contributed by atoms with Crippen molar-refractivity contribution in [2.45, 2.75) is 37.3 Å². The summed E-state index contributed by atoms with van der Waals surface area (Å²) in [7, 11) is 1.33. The van der Waals surface area contributed by atoms with Crippen molar-refractivity contribution >= 4 is 17.6 Å². The Hall–Kier alpha value is -1.88. The number of amides is 1. The van der Waals surface area contributed by atoms with E-state index in [1.54, 1.807) is 11.8 Å². The Morgan fingerprint density at radius 1 is 1.45 bits per heavy atom. The van der Waals surface area contributed by atoms with Crippen molar-refractivity contribution in [2.75, 3.05) is 12.0 Å². The van der Waals surface area contributed by atoms with Crippen molar-refractivity contribution in [3.63, 3.8) is 0 Å². The Labute approximate surface area is 117 Å². The van der Waals surface area contributed by atoms with Gasteiger partial charge in [0.1, 0.15) is 5.92 Å². The van der Waals surface area contributed by atoms with Gasteiger partial charge in [0.2, 0.25) is 5.91 Å². The molecule has 0 spiro atoms. The van der Waals surface area contributed by atoms with E-state index in [1.807, 2.05) is 24.3 Å². The Bertz CT molecular complexity index is 581. The second-order valence-electron chi connectivity index (χ2n) is 5.63. The predicted octanol–water partition coefficient (Wildman–Crippen LogP) is 1.20. The summed E-state index contributed by atoms with van der Waals surface area (Å²) in [6.07, 6.45) is 0.639. The van der Waals surface area contributed by atoms with Gasteiger partial charge in [-0.1, -0.05) is 18.2 Å². The third kappa shape index (κ3) is 1.66. The molecule has 3 rings (SSSR count). The molecule has 1 aromatic carbocycles. The number of methoxy groups -OCH3 is 1. The van der Waals surface area contributed by atoms with Crippen LogP contribution in [0.2, 0.25) is 0 Å². The minimum Gasteiger partial charge on any atom is -0.468 e. The molecule has 0 bridgehead atoms. The maximum absolute atomic E-state index is 12.2. The molecule has 5 nitrogen and oxygen atoms in total. The van der Waals surface area contributed by atoms with Crippen LogP contribution in [-0.4, -0.2) is 35.7 Å². The molecule has 0 saturated carbocycles. The molecular weight excluding hydrogens is 258 g/mol. The number of aliphatic hydroxyl groups is 1. The highest BCUT2D eigenvalue weighted by atomic mass is 16.5. The Kier molecular flexibility index (Phi) is 2.83. The number of piperidine rings is 1. The van der Waals surface area contributed by atoms with Crippen LogP contribution in [0.5, 0.6) is 0 Å². The molecule has 3 atom stereocenters. The van der Waals surface area contributed by atoms with Crippen LogP contribution in [0, 0.1) is 0 Å². The maximum Gasteiger partial charge on any atom is 0.315 e. The molecule has 106 valence electrons. The average molecular weight is 275 g/mol. The first-order valence-electron chi connectivity index (χ1n) is 6.68. The van der Waals surface area contributed by atoms with Gasteiger partial charge in [-0.15, -0.1) is 0 Å². The number of para-hydroxylation sites is 1. The molecule has 1 N–H and O–H groups in total. The van der Waals surface area contributed by atoms with Gasteiger partial charge in [-0.3, -0.25) is 9.59 Å². The van der Waals surface area contributed by atoms with Crippen LogP contribution in [-0.2, 0) is 14.3 Å². The van der Waals surface area contributed by atoms with Gasteiger partial charge in [0.15, 0.2) is 0 Å². The van der Waals surface area contributed by atoms with E-state index in [9.17, 15) is 14.7 Å². The molecule has 2 aliphatic heterocycles. The van der Waals surface area contributed by atoms with Crippen LogP contribution in [0.3, 0.4) is 0 Å². The standard InChI is InChI=1S/C15H17NO4/c1-15(19)8-7-11(17)16-10-6-4-3-5-9(10)12(13(15)16)14(18)20-2/h3-6,12-13,19H,7-8H2,1-2H3/t12-,13-,15-/m1/s1. The van der Waals surface area contributed by atoms with E-state index < -0.39 is 23.5 Å². The minimum absolute atomic E-state index is 0.0552.